The predicted molar refractivity (Wildman–Crippen MR) is 57.8 cm³/mol. The lowest BCUT2D eigenvalue weighted by Gasteiger charge is -1.99. The first-order chi connectivity index (χ1) is 7.58. The Morgan fingerprint density at radius 1 is 1.44 bits per heavy atom. The van der Waals surface area contributed by atoms with Crippen molar-refractivity contribution in [2.45, 2.75) is 6.92 Å². The lowest BCUT2D eigenvalue weighted by Crippen LogP contribution is -1.94. The average Bonchev–Trinajstić information content (AvgIpc) is 2.64. The molecule has 82 valence electrons. The van der Waals surface area contributed by atoms with E-state index in [2.05, 4.69) is 10.1 Å². The predicted octanol–water partition coefficient (Wildman–Crippen LogP) is 1.70. The molecular formula is C10H10N4O2. The van der Waals surface area contributed by atoms with Crippen molar-refractivity contribution in [1.29, 1.82) is 0 Å². The van der Waals surface area contributed by atoms with E-state index >= 15 is 0 Å². The summed E-state index contributed by atoms with van der Waals surface area (Å²) in [4.78, 5) is 14.2. The number of nitrogens with zero attached hydrogens (tertiary/aromatic N) is 4. The van der Waals surface area contributed by atoms with Crippen LogP contribution in [0.4, 0.5) is 5.69 Å². The van der Waals surface area contributed by atoms with Gasteiger partial charge in [-0.3, -0.25) is 14.8 Å². The third-order valence-corrected chi connectivity index (χ3v) is 2.28. The van der Waals surface area contributed by atoms with Crippen molar-refractivity contribution >= 4 is 5.69 Å². The summed E-state index contributed by atoms with van der Waals surface area (Å²) in [5.74, 6) is 0. The minimum atomic E-state index is -0.435. The zero-order chi connectivity index (χ0) is 11.7. The standard InChI is InChI=1S/C10H10N4O2/c1-7-3-9(8-4-12-13(2)6-8)11-5-10(7)14(15)16/h3-6H,1-2H3. The third kappa shape index (κ3) is 1.77. The van der Waals surface area contributed by atoms with Crippen LogP contribution in [-0.2, 0) is 7.05 Å². The Hall–Kier alpha value is -2.24. The van der Waals surface area contributed by atoms with Gasteiger partial charge in [-0.05, 0) is 13.0 Å². The SMILES string of the molecule is Cc1cc(-c2cnn(C)c2)ncc1[N+](=O)[O-]. The minimum Gasteiger partial charge on any atom is -0.275 e. The zero-order valence-corrected chi connectivity index (χ0v) is 8.91. The molecule has 2 aromatic rings. The van der Waals surface area contributed by atoms with Gasteiger partial charge in [-0.25, -0.2) is 4.98 Å². The van der Waals surface area contributed by atoms with Crippen LogP contribution in [0.3, 0.4) is 0 Å². The minimum absolute atomic E-state index is 0.0349. The Kier molecular flexibility index (Phi) is 2.40. The van der Waals surface area contributed by atoms with Gasteiger partial charge in [0.1, 0.15) is 6.20 Å². The number of aryl methyl sites for hydroxylation is 2. The number of aromatic nitrogens is 3. The molecule has 0 bridgehead atoms. The maximum Gasteiger partial charge on any atom is 0.290 e. The van der Waals surface area contributed by atoms with Gasteiger partial charge in [-0.2, -0.15) is 5.10 Å². The highest BCUT2D eigenvalue weighted by Gasteiger charge is 2.12. The number of hydrogen-bond donors (Lipinski definition) is 0. The molecule has 0 radical (unpaired) electrons. The largest absolute Gasteiger partial charge is 0.290 e. The monoisotopic (exact) mass is 218 g/mol. The molecule has 0 aliphatic rings. The van der Waals surface area contributed by atoms with Gasteiger partial charge in [-0.15, -0.1) is 0 Å². The van der Waals surface area contributed by atoms with E-state index in [1.165, 1.54) is 6.20 Å². The van der Waals surface area contributed by atoms with Crippen molar-refractivity contribution in [2.24, 2.45) is 7.05 Å². The number of nitro groups is 1. The third-order valence-electron chi connectivity index (χ3n) is 2.28. The van der Waals surface area contributed by atoms with E-state index in [4.69, 9.17) is 0 Å². The molecule has 0 saturated carbocycles. The van der Waals surface area contributed by atoms with Gasteiger partial charge in [0.05, 0.1) is 16.8 Å². The second-order valence-electron chi connectivity index (χ2n) is 3.52. The molecule has 0 saturated heterocycles. The van der Waals surface area contributed by atoms with Crippen LogP contribution in [0.2, 0.25) is 0 Å². The number of hydrogen-bond acceptors (Lipinski definition) is 4. The highest BCUT2D eigenvalue weighted by atomic mass is 16.6. The fourth-order valence-corrected chi connectivity index (χ4v) is 1.45. The second kappa shape index (κ2) is 3.73. The maximum absolute atomic E-state index is 10.6. The smallest absolute Gasteiger partial charge is 0.275 e. The van der Waals surface area contributed by atoms with E-state index in [0.29, 0.717) is 11.3 Å². The maximum atomic E-state index is 10.6. The lowest BCUT2D eigenvalue weighted by atomic mass is 10.1. The molecular weight excluding hydrogens is 208 g/mol. The molecule has 0 unspecified atom stereocenters. The Balaban J connectivity index is 2.45. The second-order valence-corrected chi connectivity index (χ2v) is 3.52. The number of rotatable bonds is 2. The van der Waals surface area contributed by atoms with Gasteiger partial charge in [0.15, 0.2) is 0 Å². The molecule has 2 aromatic heterocycles. The van der Waals surface area contributed by atoms with E-state index < -0.39 is 4.92 Å². The summed E-state index contributed by atoms with van der Waals surface area (Å²) in [6.07, 6.45) is 4.76. The van der Waals surface area contributed by atoms with Crippen LogP contribution < -0.4 is 0 Å². The summed E-state index contributed by atoms with van der Waals surface area (Å²) in [5.41, 5.74) is 2.17. The molecule has 6 heteroatoms. The highest BCUT2D eigenvalue weighted by molar-refractivity contribution is 5.59. The Labute approximate surface area is 91.7 Å². The fraction of sp³-hybridized carbons (Fsp3) is 0.200. The van der Waals surface area contributed by atoms with Crippen LogP contribution in [0.25, 0.3) is 11.3 Å². The summed E-state index contributed by atoms with van der Waals surface area (Å²) >= 11 is 0. The molecule has 6 nitrogen and oxygen atoms in total. The van der Waals surface area contributed by atoms with Crippen LogP contribution in [0.5, 0.6) is 0 Å². The van der Waals surface area contributed by atoms with Crippen molar-refractivity contribution in [3.8, 4) is 11.3 Å². The molecule has 0 N–H and O–H groups in total. The molecule has 0 amide bonds. The molecule has 0 fully saturated rings. The van der Waals surface area contributed by atoms with Crippen LogP contribution in [0.1, 0.15) is 5.56 Å². The van der Waals surface area contributed by atoms with Gasteiger partial charge >= 0.3 is 0 Å². The topological polar surface area (TPSA) is 73.8 Å². The van der Waals surface area contributed by atoms with Gasteiger partial charge in [-0.1, -0.05) is 0 Å². The van der Waals surface area contributed by atoms with E-state index in [9.17, 15) is 10.1 Å². The van der Waals surface area contributed by atoms with Crippen molar-refractivity contribution in [2.75, 3.05) is 0 Å². The van der Waals surface area contributed by atoms with E-state index in [0.717, 1.165) is 5.56 Å². The van der Waals surface area contributed by atoms with Crippen molar-refractivity contribution in [1.82, 2.24) is 14.8 Å². The molecule has 0 aliphatic carbocycles. The zero-order valence-electron chi connectivity index (χ0n) is 8.91. The molecule has 0 aromatic carbocycles. The van der Waals surface area contributed by atoms with Crippen LogP contribution in [0, 0.1) is 17.0 Å². The first-order valence-electron chi connectivity index (χ1n) is 4.68. The summed E-state index contributed by atoms with van der Waals surface area (Å²) in [6, 6.07) is 1.69. The van der Waals surface area contributed by atoms with Crippen molar-refractivity contribution in [3.63, 3.8) is 0 Å². The quantitative estimate of drug-likeness (QED) is 0.568. The summed E-state index contributed by atoms with van der Waals surface area (Å²) in [7, 11) is 1.81. The van der Waals surface area contributed by atoms with Gasteiger partial charge in [0.2, 0.25) is 0 Å². The van der Waals surface area contributed by atoms with E-state index in [1.54, 1.807) is 23.9 Å². The molecule has 0 aliphatic heterocycles. The molecule has 2 heterocycles. The van der Waals surface area contributed by atoms with Crippen LogP contribution >= 0.6 is 0 Å². The number of pyridine rings is 1. The molecule has 16 heavy (non-hydrogen) atoms. The van der Waals surface area contributed by atoms with Gasteiger partial charge in [0, 0.05) is 24.4 Å². The van der Waals surface area contributed by atoms with Crippen molar-refractivity contribution in [3.05, 3.63) is 40.3 Å². The van der Waals surface area contributed by atoms with Gasteiger partial charge in [0.25, 0.3) is 5.69 Å². The summed E-state index contributed by atoms with van der Waals surface area (Å²) < 4.78 is 1.66. The first kappa shape index (κ1) is 10.3. The lowest BCUT2D eigenvalue weighted by molar-refractivity contribution is -0.385. The molecule has 0 atom stereocenters. The fourth-order valence-electron chi connectivity index (χ4n) is 1.45. The molecule has 0 spiro atoms. The normalized spacial score (nSPS) is 10.4. The summed E-state index contributed by atoms with van der Waals surface area (Å²) in [6.45, 7) is 1.69. The Morgan fingerprint density at radius 2 is 2.19 bits per heavy atom. The van der Waals surface area contributed by atoms with Crippen LogP contribution in [0.15, 0.2) is 24.7 Å². The van der Waals surface area contributed by atoms with Gasteiger partial charge < -0.3 is 0 Å². The van der Waals surface area contributed by atoms with E-state index in [-0.39, 0.29) is 5.69 Å². The first-order valence-corrected chi connectivity index (χ1v) is 4.68. The Morgan fingerprint density at radius 3 is 2.69 bits per heavy atom. The average molecular weight is 218 g/mol. The van der Waals surface area contributed by atoms with Crippen LogP contribution in [-0.4, -0.2) is 19.7 Å². The molecule has 2 rings (SSSR count). The summed E-state index contributed by atoms with van der Waals surface area (Å²) in [5, 5.41) is 14.6. The Bertz CT molecular complexity index is 548. The van der Waals surface area contributed by atoms with Crippen molar-refractivity contribution < 1.29 is 4.92 Å². The highest BCUT2D eigenvalue weighted by Crippen LogP contribution is 2.22. The van der Waals surface area contributed by atoms with E-state index in [1.807, 2.05) is 13.2 Å².